The van der Waals surface area contributed by atoms with Gasteiger partial charge in [-0.05, 0) is 30.3 Å². The van der Waals surface area contributed by atoms with Gasteiger partial charge >= 0.3 is 0 Å². The molecule has 2 heterocycles. The summed E-state index contributed by atoms with van der Waals surface area (Å²) in [6.07, 6.45) is 0. The average molecular weight is 278 g/mol. The van der Waals surface area contributed by atoms with Gasteiger partial charge in [-0.3, -0.25) is 9.59 Å². The Bertz CT molecular complexity index is 876. The Morgan fingerprint density at radius 1 is 1.00 bits per heavy atom. The second-order valence-electron chi connectivity index (χ2n) is 4.88. The van der Waals surface area contributed by atoms with E-state index in [0.717, 1.165) is 0 Å². The molecule has 0 unspecified atom stereocenters. The third-order valence-corrected chi connectivity index (χ3v) is 3.53. The summed E-state index contributed by atoms with van der Waals surface area (Å²) in [6.45, 7) is 1.75. The number of imide groups is 1. The maximum absolute atomic E-state index is 12.4. The van der Waals surface area contributed by atoms with E-state index in [2.05, 4.69) is 4.98 Å². The van der Waals surface area contributed by atoms with Crippen LogP contribution in [0, 0.1) is 6.92 Å². The quantitative estimate of drug-likeness (QED) is 0.642. The Morgan fingerprint density at radius 3 is 2.33 bits per heavy atom. The molecule has 0 spiro atoms. The average Bonchev–Trinajstić information content (AvgIpc) is 2.97. The van der Waals surface area contributed by atoms with E-state index in [1.165, 1.54) is 4.90 Å². The number of hydrogen-bond donors (Lipinski definition) is 0. The highest BCUT2D eigenvalue weighted by Crippen LogP contribution is 2.30. The SMILES string of the molecule is Cc1nc2cc(N3C(=O)c4ccccc4C3=O)ccc2o1. The summed E-state index contributed by atoms with van der Waals surface area (Å²) in [5, 5.41) is 0. The number of nitrogens with zero attached hydrogens (tertiary/aromatic N) is 2. The largest absolute Gasteiger partial charge is 0.441 e. The van der Waals surface area contributed by atoms with Gasteiger partial charge in [0.25, 0.3) is 11.8 Å². The van der Waals surface area contributed by atoms with Crippen LogP contribution < -0.4 is 4.90 Å². The third-order valence-electron chi connectivity index (χ3n) is 3.53. The molecule has 21 heavy (non-hydrogen) atoms. The van der Waals surface area contributed by atoms with E-state index in [9.17, 15) is 9.59 Å². The molecule has 4 rings (SSSR count). The van der Waals surface area contributed by atoms with Crippen LogP contribution in [0.1, 0.15) is 26.6 Å². The molecular weight excluding hydrogens is 268 g/mol. The molecule has 5 nitrogen and oxygen atoms in total. The molecule has 0 saturated carbocycles. The minimum atomic E-state index is -0.310. The molecule has 0 bridgehead atoms. The topological polar surface area (TPSA) is 63.4 Å². The maximum atomic E-state index is 12.4. The fourth-order valence-corrected chi connectivity index (χ4v) is 2.59. The monoisotopic (exact) mass is 278 g/mol. The highest BCUT2D eigenvalue weighted by Gasteiger charge is 2.36. The lowest BCUT2D eigenvalue weighted by molar-refractivity contribution is 0.0926. The predicted molar refractivity (Wildman–Crippen MR) is 76.3 cm³/mol. The van der Waals surface area contributed by atoms with Crippen LogP contribution in [0.5, 0.6) is 0 Å². The molecule has 0 fully saturated rings. The van der Waals surface area contributed by atoms with Crippen LogP contribution in [0.2, 0.25) is 0 Å². The summed E-state index contributed by atoms with van der Waals surface area (Å²) in [6, 6.07) is 11.9. The Balaban J connectivity index is 1.86. The molecular formula is C16H10N2O3. The van der Waals surface area contributed by atoms with Crippen molar-refractivity contribution in [3.63, 3.8) is 0 Å². The van der Waals surface area contributed by atoms with E-state index < -0.39 is 0 Å². The molecule has 102 valence electrons. The van der Waals surface area contributed by atoms with Crippen LogP contribution in [-0.4, -0.2) is 16.8 Å². The molecule has 1 aliphatic rings. The van der Waals surface area contributed by atoms with Crippen molar-refractivity contribution in [2.75, 3.05) is 4.90 Å². The van der Waals surface area contributed by atoms with E-state index in [1.807, 2.05) is 0 Å². The minimum absolute atomic E-state index is 0.310. The smallest absolute Gasteiger partial charge is 0.266 e. The van der Waals surface area contributed by atoms with Gasteiger partial charge in [-0.1, -0.05) is 12.1 Å². The van der Waals surface area contributed by atoms with Gasteiger partial charge in [0.15, 0.2) is 11.5 Å². The Kier molecular flexibility index (Phi) is 2.27. The van der Waals surface area contributed by atoms with Gasteiger partial charge in [0.05, 0.1) is 16.8 Å². The van der Waals surface area contributed by atoms with Crippen LogP contribution in [-0.2, 0) is 0 Å². The lowest BCUT2D eigenvalue weighted by Crippen LogP contribution is -2.29. The van der Waals surface area contributed by atoms with Crippen molar-refractivity contribution in [3.05, 3.63) is 59.5 Å². The molecule has 5 heteroatoms. The van der Waals surface area contributed by atoms with Crippen molar-refractivity contribution in [2.45, 2.75) is 6.92 Å². The molecule has 1 aromatic heterocycles. The van der Waals surface area contributed by atoms with Crippen molar-refractivity contribution in [2.24, 2.45) is 0 Å². The van der Waals surface area contributed by atoms with E-state index in [-0.39, 0.29) is 11.8 Å². The van der Waals surface area contributed by atoms with Gasteiger partial charge in [0, 0.05) is 6.92 Å². The zero-order chi connectivity index (χ0) is 14.6. The summed E-state index contributed by atoms with van der Waals surface area (Å²) in [5.74, 6) is -0.0742. The first-order valence-corrected chi connectivity index (χ1v) is 6.50. The molecule has 1 aliphatic heterocycles. The van der Waals surface area contributed by atoms with Gasteiger partial charge in [0.1, 0.15) is 5.52 Å². The molecule has 0 atom stereocenters. The minimum Gasteiger partial charge on any atom is -0.441 e. The highest BCUT2D eigenvalue weighted by molar-refractivity contribution is 6.34. The first-order valence-electron chi connectivity index (χ1n) is 6.50. The van der Waals surface area contributed by atoms with Crippen LogP contribution in [0.15, 0.2) is 46.9 Å². The summed E-state index contributed by atoms with van der Waals surface area (Å²) < 4.78 is 5.40. The third kappa shape index (κ3) is 1.61. The summed E-state index contributed by atoms with van der Waals surface area (Å²) in [4.78, 5) is 30.2. The molecule has 2 amide bonds. The number of aromatic nitrogens is 1. The number of oxazole rings is 1. The number of carbonyl (C=O) groups is 2. The van der Waals surface area contributed by atoms with Crippen LogP contribution in [0.3, 0.4) is 0 Å². The van der Waals surface area contributed by atoms with Gasteiger partial charge in [0.2, 0.25) is 0 Å². The second kappa shape index (κ2) is 4.02. The van der Waals surface area contributed by atoms with Crippen LogP contribution >= 0.6 is 0 Å². The number of fused-ring (bicyclic) bond motifs is 2. The van der Waals surface area contributed by atoms with Crippen molar-refractivity contribution in [1.82, 2.24) is 4.98 Å². The number of rotatable bonds is 1. The Labute approximate surface area is 119 Å². The van der Waals surface area contributed by atoms with Crippen LogP contribution in [0.4, 0.5) is 5.69 Å². The molecule has 0 radical (unpaired) electrons. The molecule has 0 saturated heterocycles. The predicted octanol–water partition coefficient (Wildman–Crippen LogP) is 2.94. The van der Waals surface area contributed by atoms with E-state index in [4.69, 9.17) is 4.42 Å². The summed E-state index contributed by atoms with van der Waals surface area (Å²) in [5.41, 5.74) is 2.62. The van der Waals surface area contributed by atoms with Gasteiger partial charge in [-0.2, -0.15) is 0 Å². The van der Waals surface area contributed by atoms with Crippen LogP contribution in [0.25, 0.3) is 11.1 Å². The first-order chi connectivity index (χ1) is 10.1. The number of hydrogen-bond acceptors (Lipinski definition) is 4. The molecule has 3 aromatic rings. The first kappa shape index (κ1) is 11.8. The number of anilines is 1. The van der Waals surface area contributed by atoms with Crippen molar-refractivity contribution in [1.29, 1.82) is 0 Å². The molecule has 0 N–H and O–H groups in total. The number of carbonyl (C=O) groups excluding carboxylic acids is 2. The number of benzene rings is 2. The Hall–Kier alpha value is -2.95. The lowest BCUT2D eigenvalue weighted by atomic mass is 10.1. The lowest BCUT2D eigenvalue weighted by Gasteiger charge is -2.13. The Morgan fingerprint density at radius 2 is 1.67 bits per heavy atom. The molecule has 2 aromatic carbocycles. The van der Waals surface area contributed by atoms with E-state index in [1.54, 1.807) is 49.4 Å². The molecule has 0 aliphatic carbocycles. The van der Waals surface area contributed by atoms with Gasteiger partial charge in [-0.15, -0.1) is 0 Å². The van der Waals surface area contributed by atoms with Crippen molar-refractivity contribution >= 4 is 28.6 Å². The standard InChI is InChI=1S/C16H10N2O3/c1-9-17-13-8-10(6-7-14(13)21-9)18-15(19)11-4-2-3-5-12(11)16(18)20/h2-8H,1H3. The maximum Gasteiger partial charge on any atom is 0.266 e. The fraction of sp³-hybridized carbons (Fsp3) is 0.0625. The van der Waals surface area contributed by atoms with Crippen molar-refractivity contribution in [3.8, 4) is 0 Å². The van der Waals surface area contributed by atoms with Gasteiger partial charge < -0.3 is 4.42 Å². The highest BCUT2D eigenvalue weighted by atomic mass is 16.3. The van der Waals surface area contributed by atoms with E-state index >= 15 is 0 Å². The van der Waals surface area contributed by atoms with E-state index in [0.29, 0.717) is 33.8 Å². The number of amides is 2. The zero-order valence-electron chi connectivity index (χ0n) is 11.2. The normalized spacial score (nSPS) is 14.0. The second-order valence-corrected chi connectivity index (χ2v) is 4.88. The zero-order valence-corrected chi connectivity index (χ0v) is 11.2. The fourth-order valence-electron chi connectivity index (χ4n) is 2.59. The van der Waals surface area contributed by atoms with Gasteiger partial charge in [-0.25, -0.2) is 9.88 Å². The number of aryl methyl sites for hydroxylation is 1. The van der Waals surface area contributed by atoms with Crippen molar-refractivity contribution < 1.29 is 14.0 Å². The summed E-state index contributed by atoms with van der Waals surface area (Å²) >= 11 is 0. The summed E-state index contributed by atoms with van der Waals surface area (Å²) in [7, 11) is 0.